The number of fused-ring (bicyclic) bond motifs is 1. The number of carbonyl (C=O) groups excluding carboxylic acids is 1. The molecule has 25 heavy (non-hydrogen) atoms. The second-order valence-electron chi connectivity index (χ2n) is 6.72. The monoisotopic (exact) mass is 338 g/mol. The minimum Gasteiger partial charge on any atom is -0.338 e. The summed E-state index contributed by atoms with van der Waals surface area (Å²) in [7, 11) is 0. The summed E-state index contributed by atoms with van der Waals surface area (Å²) in [6.45, 7) is 3.20. The van der Waals surface area contributed by atoms with Gasteiger partial charge in [-0.05, 0) is 61.1 Å². The number of hydrogen-bond donors (Lipinski definition) is 1. The molecule has 0 aliphatic carbocycles. The lowest BCUT2D eigenvalue weighted by atomic mass is 9.98. The number of aryl methyl sites for hydroxylation is 1. The first-order valence-corrected chi connectivity index (χ1v) is 8.45. The topological polar surface area (TPSA) is 61.9 Å². The van der Waals surface area contributed by atoms with Gasteiger partial charge in [-0.2, -0.15) is 15.4 Å². The molecular weight excluding hydrogens is 319 g/mol. The number of rotatable bonds is 3. The summed E-state index contributed by atoms with van der Waals surface area (Å²) in [5.41, 5.74) is 3.72. The van der Waals surface area contributed by atoms with E-state index < -0.39 is 0 Å². The van der Waals surface area contributed by atoms with Crippen LogP contribution in [0.2, 0.25) is 0 Å². The molecule has 0 spiro atoms. The second-order valence-corrected chi connectivity index (χ2v) is 6.72. The zero-order chi connectivity index (χ0) is 17.4. The van der Waals surface area contributed by atoms with Gasteiger partial charge in [0.25, 0.3) is 5.91 Å². The maximum atomic E-state index is 13.7. The van der Waals surface area contributed by atoms with E-state index in [1.54, 1.807) is 31.2 Å². The second kappa shape index (κ2) is 6.27. The molecule has 5 nitrogen and oxygen atoms in total. The number of amides is 1. The Morgan fingerprint density at radius 2 is 2.08 bits per heavy atom. The van der Waals surface area contributed by atoms with E-state index >= 15 is 0 Å². The summed E-state index contributed by atoms with van der Waals surface area (Å²) in [4.78, 5) is 14.6. The van der Waals surface area contributed by atoms with Gasteiger partial charge in [0.05, 0.1) is 0 Å². The van der Waals surface area contributed by atoms with Gasteiger partial charge in [0.2, 0.25) is 0 Å². The van der Waals surface area contributed by atoms with Crippen molar-refractivity contribution in [1.29, 1.82) is 0 Å². The molecule has 1 unspecified atom stereocenters. The maximum absolute atomic E-state index is 13.7. The average Bonchev–Trinajstić information content (AvgIpc) is 3.26. The third-order valence-electron chi connectivity index (χ3n) is 4.90. The van der Waals surface area contributed by atoms with Gasteiger partial charge in [-0.3, -0.25) is 4.79 Å². The SMILES string of the molecule is Cc1ccc(CC2CCN(C(=O)c3ccc4n[nH]nc4c3)C2)cc1F. The Morgan fingerprint density at radius 3 is 2.92 bits per heavy atom. The number of hydrogen-bond acceptors (Lipinski definition) is 3. The van der Waals surface area contributed by atoms with Crippen LogP contribution in [0.25, 0.3) is 11.0 Å². The summed E-state index contributed by atoms with van der Waals surface area (Å²) in [5, 5.41) is 10.6. The van der Waals surface area contributed by atoms with Crippen LogP contribution in [-0.2, 0) is 6.42 Å². The van der Waals surface area contributed by atoms with Crippen molar-refractivity contribution < 1.29 is 9.18 Å². The highest BCUT2D eigenvalue weighted by atomic mass is 19.1. The zero-order valence-electron chi connectivity index (χ0n) is 14.0. The Hall–Kier alpha value is -2.76. The van der Waals surface area contributed by atoms with E-state index in [9.17, 15) is 9.18 Å². The van der Waals surface area contributed by atoms with Crippen LogP contribution in [0.5, 0.6) is 0 Å². The van der Waals surface area contributed by atoms with Crippen LogP contribution in [0.3, 0.4) is 0 Å². The lowest BCUT2D eigenvalue weighted by Crippen LogP contribution is -2.28. The van der Waals surface area contributed by atoms with Crippen molar-refractivity contribution in [2.75, 3.05) is 13.1 Å². The van der Waals surface area contributed by atoms with E-state index in [1.165, 1.54) is 0 Å². The highest BCUT2D eigenvalue weighted by molar-refractivity contribution is 5.97. The molecule has 1 aliphatic rings. The summed E-state index contributed by atoms with van der Waals surface area (Å²) in [5.74, 6) is 0.216. The fourth-order valence-electron chi connectivity index (χ4n) is 3.44. The Morgan fingerprint density at radius 1 is 1.24 bits per heavy atom. The van der Waals surface area contributed by atoms with Crippen molar-refractivity contribution in [2.24, 2.45) is 5.92 Å². The number of benzene rings is 2. The lowest BCUT2D eigenvalue weighted by molar-refractivity contribution is 0.0787. The van der Waals surface area contributed by atoms with E-state index in [0.29, 0.717) is 29.1 Å². The molecule has 1 fully saturated rings. The minimum atomic E-state index is -0.163. The van der Waals surface area contributed by atoms with Crippen molar-refractivity contribution in [3.8, 4) is 0 Å². The van der Waals surface area contributed by atoms with E-state index in [2.05, 4.69) is 15.4 Å². The van der Waals surface area contributed by atoms with Gasteiger partial charge in [0, 0.05) is 18.7 Å². The number of likely N-dealkylation sites (tertiary alicyclic amines) is 1. The quantitative estimate of drug-likeness (QED) is 0.798. The fraction of sp³-hybridized carbons (Fsp3) is 0.316. The first kappa shape index (κ1) is 15.7. The van der Waals surface area contributed by atoms with Gasteiger partial charge in [-0.15, -0.1) is 0 Å². The number of aromatic amines is 1. The molecule has 2 aromatic carbocycles. The number of carbonyl (C=O) groups is 1. The largest absolute Gasteiger partial charge is 0.338 e. The molecule has 1 atom stereocenters. The molecule has 0 bridgehead atoms. The van der Waals surface area contributed by atoms with Crippen molar-refractivity contribution in [2.45, 2.75) is 19.8 Å². The van der Waals surface area contributed by atoms with E-state index in [4.69, 9.17) is 0 Å². The smallest absolute Gasteiger partial charge is 0.253 e. The summed E-state index contributed by atoms with van der Waals surface area (Å²) in [6.07, 6.45) is 1.73. The van der Waals surface area contributed by atoms with E-state index in [-0.39, 0.29) is 11.7 Å². The molecule has 2 heterocycles. The van der Waals surface area contributed by atoms with Crippen LogP contribution in [0.4, 0.5) is 4.39 Å². The van der Waals surface area contributed by atoms with Crippen LogP contribution in [0, 0.1) is 18.7 Å². The highest BCUT2D eigenvalue weighted by Gasteiger charge is 2.27. The molecule has 1 saturated heterocycles. The first-order chi connectivity index (χ1) is 12.1. The van der Waals surface area contributed by atoms with Crippen molar-refractivity contribution in [1.82, 2.24) is 20.3 Å². The Kier molecular flexibility index (Phi) is 3.95. The molecule has 1 aliphatic heterocycles. The molecule has 0 saturated carbocycles. The van der Waals surface area contributed by atoms with Crippen LogP contribution >= 0.6 is 0 Å². The number of nitrogens with zero attached hydrogens (tertiary/aromatic N) is 3. The molecule has 1 amide bonds. The molecule has 6 heteroatoms. The molecule has 4 rings (SSSR count). The number of aromatic nitrogens is 3. The molecule has 1 aromatic heterocycles. The molecule has 1 N–H and O–H groups in total. The van der Waals surface area contributed by atoms with Crippen LogP contribution in [0.1, 0.15) is 27.9 Å². The van der Waals surface area contributed by atoms with Gasteiger partial charge in [0.1, 0.15) is 16.9 Å². The molecule has 3 aromatic rings. The van der Waals surface area contributed by atoms with Gasteiger partial charge in [-0.1, -0.05) is 12.1 Å². The number of nitrogens with one attached hydrogen (secondary N) is 1. The van der Waals surface area contributed by atoms with Crippen molar-refractivity contribution in [3.63, 3.8) is 0 Å². The lowest BCUT2D eigenvalue weighted by Gasteiger charge is -2.17. The van der Waals surface area contributed by atoms with E-state index in [1.807, 2.05) is 17.0 Å². The van der Waals surface area contributed by atoms with E-state index in [0.717, 1.165) is 30.5 Å². The van der Waals surface area contributed by atoms with Crippen molar-refractivity contribution in [3.05, 3.63) is 58.9 Å². The van der Waals surface area contributed by atoms with Gasteiger partial charge in [-0.25, -0.2) is 4.39 Å². The fourth-order valence-corrected chi connectivity index (χ4v) is 3.44. The van der Waals surface area contributed by atoms with Crippen molar-refractivity contribution >= 4 is 16.9 Å². The number of halogens is 1. The normalized spacial score (nSPS) is 17.4. The molecule has 0 radical (unpaired) electrons. The summed E-state index contributed by atoms with van der Waals surface area (Å²) >= 11 is 0. The van der Waals surface area contributed by atoms with Gasteiger partial charge in [0.15, 0.2) is 0 Å². The summed E-state index contributed by atoms with van der Waals surface area (Å²) < 4.78 is 13.7. The Bertz CT molecular complexity index is 936. The first-order valence-electron chi connectivity index (χ1n) is 8.45. The minimum absolute atomic E-state index is 0.0162. The predicted octanol–water partition coefficient (Wildman–Crippen LogP) is 3.11. The molecular formula is C19H19FN4O. The van der Waals surface area contributed by atoms with Crippen LogP contribution in [0.15, 0.2) is 36.4 Å². The maximum Gasteiger partial charge on any atom is 0.253 e. The van der Waals surface area contributed by atoms with Crippen LogP contribution < -0.4 is 0 Å². The highest BCUT2D eigenvalue weighted by Crippen LogP contribution is 2.24. The third-order valence-corrected chi connectivity index (χ3v) is 4.90. The average molecular weight is 338 g/mol. The predicted molar refractivity (Wildman–Crippen MR) is 92.7 cm³/mol. The molecule has 128 valence electrons. The van der Waals surface area contributed by atoms with Gasteiger partial charge >= 0.3 is 0 Å². The zero-order valence-corrected chi connectivity index (χ0v) is 14.0. The number of H-pyrrole nitrogens is 1. The Labute approximate surface area is 144 Å². The standard InChI is InChI=1S/C19H19FN4O/c1-12-2-3-13(9-16(12)20)8-14-6-7-24(11-14)19(25)15-4-5-17-18(10-15)22-23-21-17/h2-5,9-10,14H,6-8,11H2,1H3,(H,21,22,23). The van der Waals surface area contributed by atoms with Gasteiger partial charge < -0.3 is 4.90 Å². The third kappa shape index (κ3) is 3.12. The summed E-state index contributed by atoms with van der Waals surface area (Å²) in [6, 6.07) is 10.8. The van der Waals surface area contributed by atoms with Crippen LogP contribution in [-0.4, -0.2) is 39.3 Å². The Balaban J connectivity index is 1.44.